The van der Waals surface area contributed by atoms with Crippen molar-refractivity contribution in [2.75, 3.05) is 13.1 Å². The third-order valence-electron chi connectivity index (χ3n) is 4.57. The molecular formula is C18H22BrNO2. The first-order chi connectivity index (χ1) is 10.1. The summed E-state index contributed by atoms with van der Waals surface area (Å²) >= 11 is 0. The van der Waals surface area contributed by atoms with E-state index in [1.807, 2.05) is 32.0 Å². The zero-order valence-corrected chi connectivity index (χ0v) is 14.6. The molecule has 3 N–H and O–H groups in total. The second-order valence-electron chi connectivity index (χ2n) is 5.76. The Bertz CT molecular complexity index is 671. The highest BCUT2D eigenvalue weighted by molar-refractivity contribution is 8.93. The van der Waals surface area contributed by atoms with Crippen LogP contribution in [0.5, 0.6) is 11.5 Å². The number of halogens is 1. The number of aromatic hydroxyl groups is 2. The summed E-state index contributed by atoms with van der Waals surface area (Å²) in [6.45, 7) is 5.53. The van der Waals surface area contributed by atoms with Gasteiger partial charge in [-0.05, 0) is 54.6 Å². The molecule has 1 aliphatic rings. The molecule has 1 aliphatic heterocycles. The Balaban J connectivity index is 0.00000176. The number of hydrogen-bond acceptors (Lipinski definition) is 3. The van der Waals surface area contributed by atoms with Crippen LogP contribution in [-0.2, 0) is 6.42 Å². The van der Waals surface area contributed by atoms with Crippen molar-refractivity contribution in [1.82, 2.24) is 5.32 Å². The number of benzene rings is 2. The van der Waals surface area contributed by atoms with Crippen LogP contribution in [0.4, 0.5) is 0 Å². The van der Waals surface area contributed by atoms with Crippen molar-refractivity contribution in [3.8, 4) is 11.5 Å². The molecule has 0 saturated heterocycles. The zero-order valence-electron chi connectivity index (χ0n) is 12.9. The summed E-state index contributed by atoms with van der Waals surface area (Å²) in [5.74, 6) is 0.253. The molecule has 1 atom stereocenters. The summed E-state index contributed by atoms with van der Waals surface area (Å²) in [6.07, 6.45) is 0.874. The molecule has 118 valence electrons. The molecule has 0 saturated carbocycles. The molecule has 0 spiro atoms. The predicted molar refractivity (Wildman–Crippen MR) is 94.4 cm³/mol. The van der Waals surface area contributed by atoms with Crippen LogP contribution < -0.4 is 5.32 Å². The van der Waals surface area contributed by atoms with Gasteiger partial charge < -0.3 is 15.5 Å². The topological polar surface area (TPSA) is 52.5 Å². The van der Waals surface area contributed by atoms with Gasteiger partial charge in [0.05, 0.1) is 0 Å². The van der Waals surface area contributed by atoms with Gasteiger partial charge in [0.15, 0.2) is 11.5 Å². The van der Waals surface area contributed by atoms with Gasteiger partial charge in [-0.2, -0.15) is 0 Å². The van der Waals surface area contributed by atoms with Gasteiger partial charge in [0, 0.05) is 12.5 Å². The highest BCUT2D eigenvalue weighted by Crippen LogP contribution is 2.43. The maximum absolute atomic E-state index is 10.2. The molecule has 1 heterocycles. The molecule has 0 radical (unpaired) electrons. The van der Waals surface area contributed by atoms with E-state index in [1.54, 1.807) is 0 Å². The van der Waals surface area contributed by atoms with Crippen molar-refractivity contribution in [2.45, 2.75) is 26.2 Å². The van der Waals surface area contributed by atoms with Crippen molar-refractivity contribution >= 4 is 17.0 Å². The van der Waals surface area contributed by atoms with Crippen LogP contribution in [-0.4, -0.2) is 23.3 Å². The maximum Gasteiger partial charge on any atom is 0.160 e. The third-order valence-corrected chi connectivity index (χ3v) is 4.57. The minimum Gasteiger partial charge on any atom is -0.504 e. The van der Waals surface area contributed by atoms with Gasteiger partial charge in [-0.25, -0.2) is 0 Å². The van der Waals surface area contributed by atoms with Gasteiger partial charge in [-0.3, -0.25) is 0 Å². The van der Waals surface area contributed by atoms with Gasteiger partial charge in [-0.1, -0.05) is 30.3 Å². The minimum absolute atomic E-state index is 0. The third kappa shape index (κ3) is 2.73. The van der Waals surface area contributed by atoms with Crippen LogP contribution >= 0.6 is 17.0 Å². The first-order valence-electron chi connectivity index (χ1n) is 7.40. The largest absolute Gasteiger partial charge is 0.504 e. The molecule has 22 heavy (non-hydrogen) atoms. The number of phenolic OH excluding ortho intramolecular Hbond substituents is 2. The van der Waals surface area contributed by atoms with Gasteiger partial charge in [0.2, 0.25) is 0 Å². The van der Waals surface area contributed by atoms with Crippen molar-refractivity contribution in [3.05, 3.63) is 58.1 Å². The van der Waals surface area contributed by atoms with E-state index in [4.69, 9.17) is 0 Å². The summed E-state index contributed by atoms with van der Waals surface area (Å²) in [4.78, 5) is 0. The minimum atomic E-state index is 0. The fourth-order valence-electron chi connectivity index (χ4n) is 3.38. The molecule has 0 amide bonds. The van der Waals surface area contributed by atoms with Crippen LogP contribution in [0, 0.1) is 13.8 Å². The average molecular weight is 364 g/mol. The Labute approximate surface area is 141 Å². The number of fused-ring (bicyclic) bond motifs is 1. The standard InChI is InChI=1S/C18H21NO2.BrH/c1-11-14-8-9-19-10-15(13-6-4-3-5-7-13)16(14)12(2)18(21)17(11)20;/h3-7,15,19-21H,8-10H2,1-2H3;1H. The lowest BCUT2D eigenvalue weighted by Gasteiger charge is -2.23. The van der Waals surface area contributed by atoms with E-state index in [9.17, 15) is 10.2 Å². The predicted octanol–water partition coefficient (Wildman–Crippen LogP) is 3.57. The van der Waals surface area contributed by atoms with Gasteiger partial charge in [0.1, 0.15) is 0 Å². The lowest BCUT2D eigenvalue weighted by molar-refractivity contribution is 0.396. The van der Waals surface area contributed by atoms with Gasteiger partial charge in [-0.15, -0.1) is 17.0 Å². The first kappa shape index (κ1) is 16.8. The van der Waals surface area contributed by atoms with E-state index in [1.165, 1.54) is 16.7 Å². The molecule has 1 unspecified atom stereocenters. The molecule has 0 fully saturated rings. The molecule has 2 aromatic rings. The number of nitrogens with one attached hydrogen (secondary N) is 1. The molecule has 2 aromatic carbocycles. The van der Waals surface area contributed by atoms with Gasteiger partial charge in [0.25, 0.3) is 0 Å². The maximum atomic E-state index is 10.2. The summed E-state index contributed by atoms with van der Waals surface area (Å²) in [5.41, 5.74) is 5.17. The normalized spacial score (nSPS) is 17.3. The fraction of sp³-hybridized carbons (Fsp3) is 0.333. The van der Waals surface area contributed by atoms with E-state index in [2.05, 4.69) is 17.4 Å². The van der Waals surface area contributed by atoms with Crippen molar-refractivity contribution in [3.63, 3.8) is 0 Å². The van der Waals surface area contributed by atoms with Crippen LogP contribution in [0.15, 0.2) is 30.3 Å². The van der Waals surface area contributed by atoms with E-state index in [0.29, 0.717) is 0 Å². The smallest absolute Gasteiger partial charge is 0.160 e. The molecule has 0 aliphatic carbocycles. The second kappa shape index (κ2) is 6.71. The van der Waals surface area contributed by atoms with E-state index in [0.717, 1.165) is 30.6 Å². The van der Waals surface area contributed by atoms with E-state index in [-0.39, 0.29) is 34.4 Å². The van der Waals surface area contributed by atoms with Crippen LogP contribution in [0.25, 0.3) is 0 Å². The Morgan fingerprint density at radius 2 is 1.64 bits per heavy atom. The summed E-state index contributed by atoms with van der Waals surface area (Å²) in [6, 6.07) is 10.4. The zero-order chi connectivity index (χ0) is 15.0. The summed E-state index contributed by atoms with van der Waals surface area (Å²) in [5, 5.41) is 23.8. The summed E-state index contributed by atoms with van der Waals surface area (Å²) < 4.78 is 0. The molecule has 4 heteroatoms. The quantitative estimate of drug-likeness (QED) is 0.678. The van der Waals surface area contributed by atoms with Crippen molar-refractivity contribution in [1.29, 1.82) is 0 Å². The molecule has 0 bridgehead atoms. The fourth-order valence-corrected chi connectivity index (χ4v) is 3.38. The Hall–Kier alpha value is -1.52. The molecule has 3 rings (SSSR count). The lowest BCUT2D eigenvalue weighted by Crippen LogP contribution is -2.21. The Morgan fingerprint density at radius 1 is 1.00 bits per heavy atom. The SMILES string of the molecule is Br.Cc1c(O)c(O)c(C)c2c1CCNCC2c1ccccc1. The monoisotopic (exact) mass is 363 g/mol. The number of phenols is 2. The van der Waals surface area contributed by atoms with E-state index >= 15 is 0 Å². The Kier molecular flexibility index (Phi) is 5.14. The van der Waals surface area contributed by atoms with Crippen LogP contribution in [0.3, 0.4) is 0 Å². The van der Waals surface area contributed by atoms with E-state index < -0.39 is 0 Å². The number of hydrogen-bond donors (Lipinski definition) is 3. The number of rotatable bonds is 1. The highest BCUT2D eigenvalue weighted by atomic mass is 79.9. The Morgan fingerprint density at radius 3 is 2.32 bits per heavy atom. The first-order valence-corrected chi connectivity index (χ1v) is 7.40. The molecule has 0 aromatic heterocycles. The van der Waals surface area contributed by atoms with Crippen LogP contribution in [0.2, 0.25) is 0 Å². The van der Waals surface area contributed by atoms with Gasteiger partial charge >= 0.3 is 0 Å². The van der Waals surface area contributed by atoms with Crippen LogP contribution in [0.1, 0.15) is 33.7 Å². The molecular weight excluding hydrogens is 342 g/mol. The lowest BCUT2D eigenvalue weighted by atomic mass is 9.82. The van der Waals surface area contributed by atoms with Crippen molar-refractivity contribution < 1.29 is 10.2 Å². The van der Waals surface area contributed by atoms with Crippen molar-refractivity contribution in [2.24, 2.45) is 0 Å². The highest BCUT2D eigenvalue weighted by Gasteiger charge is 2.27. The summed E-state index contributed by atoms with van der Waals surface area (Å²) in [7, 11) is 0. The average Bonchev–Trinajstić information content (AvgIpc) is 2.74. The second-order valence-corrected chi connectivity index (χ2v) is 5.76. The molecule has 3 nitrogen and oxygen atoms in total.